The van der Waals surface area contributed by atoms with Crippen molar-refractivity contribution >= 4 is 17.7 Å². The van der Waals surface area contributed by atoms with Gasteiger partial charge in [0.15, 0.2) is 0 Å². The van der Waals surface area contributed by atoms with Crippen LogP contribution in [-0.2, 0) is 17.8 Å². The molecule has 0 bridgehead atoms. The van der Waals surface area contributed by atoms with Crippen molar-refractivity contribution in [2.24, 2.45) is 0 Å². The second-order valence-electron chi connectivity index (χ2n) is 5.30. The van der Waals surface area contributed by atoms with E-state index in [0.717, 1.165) is 25.8 Å². The molecule has 2 aliphatic heterocycles. The quantitative estimate of drug-likeness (QED) is 0.864. The number of thioether (sulfide) groups is 1. The van der Waals surface area contributed by atoms with Crippen LogP contribution in [0.15, 0.2) is 24.3 Å². The number of carbonyl (C=O) groups is 1. The van der Waals surface area contributed by atoms with E-state index in [9.17, 15) is 4.79 Å². The molecule has 1 aromatic rings. The van der Waals surface area contributed by atoms with Gasteiger partial charge in [-0.25, -0.2) is 0 Å². The molecule has 1 unspecified atom stereocenters. The molecule has 4 heteroatoms. The van der Waals surface area contributed by atoms with Gasteiger partial charge in [0, 0.05) is 12.6 Å². The fourth-order valence-electron chi connectivity index (χ4n) is 2.78. The highest BCUT2D eigenvalue weighted by atomic mass is 32.2. The first-order chi connectivity index (χ1) is 9.33. The van der Waals surface area contributed by atoms with Crippen LogP contribution in [0.4, 0.5) is 0 Å². The van der Waals surface area contributed by atoms with Gasteiger partial charge in [-0.3, -0.25) is 4.79 Å². The Labute approximate surface area is 118 Å². The van der Waals surface area contributed by atoms with Crippen LogP contribution in [-0.4, -0.2) is 29.5 Å². The van der Waals surface area contributed by atoms with Crippen molar-refractivity contribution < 1.29 is 4.79 Å². The van der Waals surface area contributed by atoms with Gasteiger partial charge in [-0.2, -0.15) is 11.8 Å². The third-order valence-electron chi connectivity index (χ3n) is 3.97. The normalized spacial score (nSPS) is 23.7. The van der Waals surface area contributed by atoms with Crippen LogP contribution in [0.3, 0.4) is 0 Å². The minimum atomic E-state index is -0.0653. The second-order valence-corrected chi connectivity index (χ2v) is 6.53. The van der Waals surface area contributed by atoms with Gasteiger partial charge in [0.25, 0.3) is 0 Å². The van der Waals surface area contributed by atoms with Crippen molar-refractivity contribution in [3.8, 4) is 0 Å². The molecule has 1 atom stereocenters. The Bertz CT molecular complexity index is 457. The van der Waals surface area contributed by atoms with Crippen LogP contribution in [0, 0.1) is 0 Å². The van der Waals surface area contributed by atoms with Crippen LogP contribution in [0.2, 0.25) is 0 Å². The number of fused-ring (bicyclic) bond motifs is 1. The fourth-order valence-corrected chi connectivity index (χ4v) is 3.89. The van der Waals surface area contributed by atoms with Gasteiger partial charge in [-0.15, -0.1) is 0 Å². The minimum Gasteiger partial charge on any atom is -0.352 e. The number of nitrogens with one attached hydrogen (secondary N) is 2. The molecule has 1 fully saturated rings. The standard InChI is InChI=1S/C15H20N2OS/c18-15(17-13-5-7-19-8-6-13)14-9-11-3-1-2-4-12(11)10-16-14/h1-4,13-14,16H,5-10H2,(H,17,18). The summed E-state index contributed by atoms with van der Waals surface area (Å²) < 4.78 is 0. The Kier molecular flexibility index (Phi) is 4.09. The van der Waals surface area contributed by atoms with Gasteiger partial charge >= 0.3 is 0 Å². The van der Waals surface area contributed by atoms with Crippen molar-refractivity contribution in [2.45, 2.75) is 37.9 Å². The molecule has 19 heavy (non-hydrogen) atoms. The summed E-state index contributed by atoms with van der Waals surface area (Å²) in [6, 6.07) is 8.69. The number of carbonyl (C=O) groups excluding carboxylic acids is 1. The lowest BCUT2D eigenvalue weighted by Gasteiger charge is -2.28. The average molecular weight is 276 g/mol. The van der Waals surface area contributed by atoms with E-state index in [1.165, 1.54) is 22.6 Å². The van der Waals surface area contributed by atoms with Crippen LogP contribution in [0.25, 0.3) is 0 Å². The zero-order valence-electron chi connectivity index (χ0n) is 11.0. The highest BCUT2D eigenvalue weighted by molar-refractivity contribution is 7.99. The predicted molar refractivity (Wildman–Crippen MR) is 79.3 cm³/mol. The summed E-state index contributed by atoms with van der Waals surface area (Å²) >= 11 is 1.99. The summed E-state index contributed by atoms with van der Waals surface area (Å²) in [6.45, 7) is 0.800. The molecule has 0 saturated carbocycles. The summed E-state index contributed by atoms with van der Waals surface area (Å²) in [7, 11) is 0. The van der Waals surface area contributed by atoms with Crippen molar-refractivity contribution in [3.05, 3.63) is 35.4 Å². The zero-order chi connectivity index (χ0) is 13.1. The zero-order valence-corrected chi connectivity index (χ0v) is 11.8. The summed E-state index contributed by atoms with van der Waals surface area (Å²) in [4.78, 5) is 12.3. The molecule has 0 spiro atoms. The van der Waals surface area contributed by atoms with Crippen molar-refractivity contribution in [1.82, 2.24) is 10.6 Å². The van der Waals surface area contributed by atoms with Crippen LogP contribution in [0.1, 0.15) is 24.0 Å². The van der Waals surface area contributed by atoms with Gasteiger partial charge in [0.2, 0.25) is 5.91 Å². The number of benzene rings is 1. The molecular weight excluding hydrogens is 256 g/mol. The van der Waals surface area contributed by atoms with Gasteiger partial charge in [0.05, 0.1) is 6.04 Å². The lowest BCUT2D eigenvalue weighted by molar-refractivity contribution is -0.124. The maximum atomic E-state index is 12.3. The smallest absolute Gasteiger partial charge is 0.237 e. The van der Waals surface area contributed by atoms with Crippen molar-refractivity contribution in [2.75, 3.05) is 11.5 Å². The Morgan fingerprint density at radius 1 is 1.21 bits per heavy atom. The van der Waals surface area contributed by atoms with Crippen LogP contribution >= 0.6 is 11.8 Å². The number of hydrogen-bond acceptors (Lipinski definition) is 3. The number of rotatable bonds is 2. The van der Waals surface area contributed by atoms with E-state index in [1.807, 2.05) is 11.8 Å². The third kappa shape index (κ3) is 3.12. The second kappa shape index (κ2) is 5.97. The van der Waals surface area contributed by atoms with Gasteiger partial charge in [-0.1, -0.05) is 24.3 Å². The lowest BCUT2D eigenvalue weighted by Crippen LogP contribution is -2.51. The summed E-state index contributed by atoms with van der Waals surface area (Å²) in [5.74, 6) is 2.52. The highest BCUT2D eigenvalue weighted by Gasteiger charge is 2.26. The van der Waals surface area contributed by atoms with E-state index in [1.54, 1.807) is 0 Å². The molecule has 2 aliphatic rings. The monoisotopic (exact) mass is 276 g/mol. The number of amides is 1. The maximum Gasteiger partial charge on any atom is 0.237 e. The predicted octanol–water partition coefficient (Wildman–Crippen LogP) is 1.71. The molecule has 0 aromatic heterocycles. The van der Waals surface area contributed by atoms with E-state index in [0.29, 0.717) is 6.04 Å². The Hall–Kier alpha value is -1.00. The molecular formula is C15H20N2OS. The molecule has 3 nitrogen and oxygen atoms in total. The summed E-state index contributed by atoms with van der Waals surface area (Å²) in [5, 5.41) is 6.55. The SMILES string of the molecule is O=C(NC1CCSCC1)C1Cc2ccccc2CN1. The first-order valence-corrected chi connectivity index (χ1v) is 8.16. The Morgan fingerprint density at radius 3 is 2.74 bits per heavy atom. The molecule has 1 amide bonds. The van der Waals surface area contributed by atoms with E-state index >= 15 is 0 Å². The first-order valence-electron chi connectivity index (χ1n) is 7.01. The largest absolute Gasteiger partial charge is 0.352 e. The highest BCUT2D eigenvalue weighted by Crippen LogP contribution is 2.19. The Morgan fingerprint density at radius 2 is 1.95 bits per heavy atom. The first kappa shape index (κ1) is 13.0. The van der Waals surface area contributed by atoms with Crippen molar-refractivity contribution in [3.63, 3.8) is 0 Å². The molecule has 2 heterocycles. The lowest BCUT2D eigenvalue weighted by atomic mass is 9.95. The van der Waals surface area contributed by atoms with E-state index < -0.39 is 0 Å². The van der Waals surface area contributed by atoms with E-state index in [-0.39, 0.29) is 11.9 Å². The molecule has 0 radical (unpaired) electrons. The third-order valence-corrected chi connectivity index (χ3v) is 5.01. The molecule has 1 saturated heterocycles. The topological polar surface area (TPSA) is 41.1 Å². The molecule has 3 rings (SSSR count). The minimum absolute atomic E-state index is 0.0653. The van der Waals surface area contributed by atoms with Gasteiger partial charge < -0.3 is 10.6 Å². The van der Waals surface area contributed by atoms with Gasteiger partial charge in [-0.05, 0) is 41.9 Å². The summed E-state index contributed by atoms with van der Waals surface area (Å²) in [6.07, 6.45) is 3.03. The van der Waals surface area contributed by atoms with Crippen LogP contribution in [0.5, 0.6) is 0 Å². The molecule has 102 valence electrons. The number of hydrogen-bond donors (Lipinski definition) is 2. The molecule has 0 aliphatic carbocycles. The van der Waals surface area contributed by atoms with Crippen molar-refractivity contribution in [1.29, 1.82) is 0 Å². The molecule has 2 N–H and O–H groups in total. The summed E-state index contributed by atoms with van der Waals surface area (Å²) in [5.41, 5.74) is 2.63. The maximum absolute atomic E-state index is 12.3. The fraction of sp³-hybridized carbons (Fsp3) is 0.533. The van der Waals surface area contributed by atoms with Crippen LogP contribution < -0.4 is 10.6 Å². The van der Waals surface area contributed by atoms with E-state index in [4.69, 9.17) is 0 Å². The Balaban J connectivity index is 1.59. The molecule has 1 aromatic carbocycles. The van der Waals surface area contributed by atoms with E-state index in [2.05, 4.69) is 34.9 Å². The van der Waals surface area contributed by atoms with Gasteiger partial charge in [0.1, 0.15) is 0 Å². The average Bonchev–Trinajstić information content (AvgIpc) is 2.48.